The number of halogens is 1. The average Bonchev–Trinajstić information content (AvgIpc) is 2.30. The van der Waals surface area contributed by atoms with Crippen molar-refractivity contribution in [3.05, 3.63) is 35.9 Å². The Hall–Kier alpha value is -1.16. The molecule has 17 heavy (non-hydrogen) atoms. The minimum absolute atomic E-state index is 0.310. The van der Waals surface area contributed by atoms with Crippen LogP contribution in [0.4, 0.5) is 0 Å². The Kier molecular flexibility index (Phi) is 3.62. The van der Waals surface area contributed by atoms with E-state index in [4.69, 9.17) is 5.73 Å². The van der Waals surface area contributed by atoms with Gasteiger partial charge >= 0.3 is 0 Å². The number of hydrogen-bond donors (Lipinski definition) is 1. The number of nitrogens with two attached hydrogens (primary N) is 1. The summed E-state index contributed by atoms with van der Waals surface area (Å²) in [6.07, 6.45) is 3.66. The molecular formula is C13H16BrN2O+. The molecule has 1 aliphatic heterocycles. The molecule has 2 N–H and O–H groups in total. The van der Waals surface area contributed by atoms with E-state index in [1.54, 1.807) is 0 Å². The first-order valence-electron chi connectivity index (χ1n) is 5.73. The van der Waals surface area contributed by atoms with E-state index in [1.807, 2.05) is 24.4 Å². The fraction of sp³-hybridized carbons (Fsp3) is 0.385. The van der Waals surface area contributed by atoms with Crippen LogP contribution in [0.15, 0.2) is 30.3 Å². The maximum atomic E-state index is 11.4. The summed E-state index contributed by atoms with van der Waals surface area (Å²) >= 11 is 3.44. The van der Waals surface area contributed by atoms with Crippen LogP contribution < -0.4 is 5.73 Å². The first-order valence-corrected chi connectivity index (χ1v) is 6.52. The van der Waals surface area contributed by atoms with E-state index in [0.717, 1.165) is 25.9 Å². The summed E-state index contributed by atoms with van der Waals surface area (Å²) in [6.45, 7) is 1.79. The lowest BCUT2D eigenvalue weighted by Gasteiger charge is -2.22. The topological polar surface area (TPSA) is 46.1 Å². The third-order valence-electron chi connectivity index (χ3n) is 3.01. The highest BCUT2D eigenvalue weighted by molar-refractivity contribution is 9.10. The quantitative estimate of drug-likeness (QED) is 0.669. The van der Waals surface area contributed by atoms with Crippen molar-refractivity contribution in [3.63, 3.8) is 0 Å². The van der Waals surface area contributed by atoms with Gasteiger partial charge in [-0.2, -0.15) is 0 Å². The zero-order chi connectivity index (χ0) is 12.3. The molecule has 0 saturated carbocycles. The molecule has 1 aliphatic rings. The minimum atomic E-state index is -0.667. The van der Waals surface area contributed by atoms with Crippen LogP contribution in [-0.4, -0.2) is 27.6 Å². The zero-order valence-electron chi connectivity index (χ0n) is 9.60. The highest BCUT2D eigenvalue weighted by Gasteiger charge is 2.38. The van der Waals surface area contributed by atoms with Gasteiger partial charge in [-0.15, -0.1) is 0 Å². The molecule has 4 heteroatoms. The van der Waals surface area contributed by atoms with Gasteiger partial charge in [-0.05, 0) is 6.42 Å². The summed E-state index contributed by atoms with van der Waals surface area (Å²) < 4.78 is 1.48. The van der Waals surface area contributed by atoms with Crippen molar-refractivity contribution in [1.82, 2.24) is 0 Å². The monoisotopic (exact) mass is 295 g/mol. The van der Waals surface area contributed by atoms with Gasteiger partial charge in [0.2, 0.25) is 5.91 Å². The molecule has 0 saturated heterocycles. The van der Waals surface area contributed by atoms with Crippen molar-refractivity contribution in [1.29, 1.82) is 0 Å². The molecule has 3 nitrogen and oxygen atoms in total. The standard InChI is InChI=1S/C13H15BrN2O/c14-13(12(15)17)7-4-8-16(10-13)9-11-5-2-1-3-6-11/h1-3,5-6,10H,4,7-9H2,(H-,15,17)/p+1/t13-/m1/s1. The predicted octanol–water partition coefficient (Wildman–Crippen LogP) is 1.68. The second-order valence-electron chi connectivity index (χ2n) is 4.42. The maximum Gasteiger partial charge on any atom is 0.244 e. The molecule has 1 heterocycles. The third kappa shape index (κ3) is 2.94. The normalized spacial score (nSPS) is 24.2. The van der Waals surface area contributed by atoms with Gasteiger partial charge in [0.05, 0.1) is 0 Å². The van der Waals surface area contributed by atoms with Crippen LogP contribution >= 0.6 is 15.9 Å². The second kappa shape index (κ2) is 5.00. The van der Waals surface area contributed by atoms with Gasteiger partial charge < -0.3 is 5.73 Å². The molecule has 0 fully saturated rings. The third-order valence-corrected chi connectivity index (χ3v) is 4.00. The van der Waals surface area contributed by atoms with E-state index < -0.39 is 4.32 Å². The van der Waals surface area contributed by atoms with Gasteiger partial charge in [-0.25, -0.2) is 4.58 Å². The molecule has 1 aromatic rings. The molecule has 0 bridgehead atoms. The van der Waals surface area contributed by atoms with Gasteiger partial charge in [0, 0.05) is 12.0 Å². The summed E-state index contributed by atoms with van der Waals surface area (Å²) in [7, 11) is 0. The highest BCUT2D eigenvalue weighted by atomic mass is 79.9. The Morgan fingerprint density at radius 1 is 1.41 bits per heavy atom. The molecule has 0 radical (unpaired) electrons. The van der Waals surface area contributed by atoms with Gasteiger partial charge in [0.15, 0.2) is 17.1 Å². The number of alkyl halides is 1. The number of nitrogens with zero attached hydrogens (tertiary/aromatic N) is 1. The van der Waals surface area contributed by atoms with Gasteiger partial charge in [0.25, 0.3) is 0 Å². The summed E-state index contributed by atoms with van der Waals surface area (Å²) in [5.41, 5.74) is 6.65. The van der Waals surface area contributed by atoms with E-state index in [1.165, 1.54) is 5.56 Å². The van der Waals surface area contributed by atoms with Gasteiger partial charge in [-0.1, -0.05) is 46.3 Å². The summed E-state index contributed by atoms with van der Waals surface area (Å²) in [6, 6.07) is 10.2. The van der Waals surface area contributed by atoms with Crippen LogP contribution in [0.2, 0.25) is 0 Å². The number of benzene rings is 1. The van der Waals surface area contributed by atoms with Crippen molar-refractivity contribution in [2.75, 3.05) is 6.54 Å². The smallest absolute Gasteiger partial charge is 0.244 e. The Bertz CT molecular complexity index is 444. The molecule has 90 valence electrons. The van der Waals surface area contributed by atoms with E-state index in [9.17, 15) is 4.79 Å². The molecule has 1 aromatic carbocycles. The SMILES string of the molecule is NC(=O)[C@]1(Br)C=[N+](Cc2ccccc2)CCC1. The van der Waals surface area contributed by atoms with E-state index in [0.29, 0.717) is 0 Å². The van der Waals surface area contributed by atoms with Gasteiger partial charge in [-0.3, -0.25) is 4.79 Å². The molecule has 2 rings (SSSR count). The lowest BCUT2D eigenvalue weighted by Crippen LogP contribution is -2.45. The maximum absolute atomic E-state index is 11.4. The molecule has 1 amide bonds. The molecule has 0 aliphatic carbocycles. The first-order chi connectivity index (χ1) is 8.10. The minimum Gasteiger partial charge on any atom is -0.368 e. The first kappa shape index (κ1) is 12.3. The van der Waals surface area contributed by atoms with Crippen molar-refractivity contribution in [2.45, 2.75) is 23.7 Å². The van der Waals surface area contributed by atoms with Crippen LogP contribution in [0.3, 0.4) is 0 Å². The number of primary amides is 1. The van der Waals surface area contributed by atoms with Crippen molar-refractivity contribution in [2.24, 2.45) is 5.73 Å². The molecule has 0 unspecified atom stereocenters. The number of carbonyl (C=O) groups excluding carboxylic acids is 1. The average molecular weight is 296 g/mol. The summed E-state index contributed by atoms with van der Waals surface area (Å²) in [5, 5.41) is 0. The van der Waals surface area contributed by atoms with Crippen LogP contribution in [0.1, 0.15) is 18.4 Å². The van der Waals surface area contributed by atoms with Crippen molar-refractivity contribution >= 4 is 28.1 Å². The van der Waals surface area contributed by atoms with Crippen molar-refractivity contribution < 1.29 is 9.37 Å². The number of amides is 1. The summed E-state index contributed by atoms with van der Waals surface area (Å²) in [5.74, 6) is -0.310. The van der Waals surface area contributed by atoms with E-state index in [-0.39, 0.29) is 5.91 Å². The van der Waals surface area contributed by atoms with Crippen LogP contribution in [0.5, 0.6) is 0 Å². The van der Waals surface area contributed by atoms with Crippen molar-refractivity contribution in [3.8, 4) is 0 Å². The summed E-state index contributed by atoms with van der Waals surface area (Å²) in [4.78, 5) is 11.4. The fourth-order valence-corrected chi connectivity index (χ4v) is 2.66. The van der Waals surface area contributed by atoms with E-state index >= 15 is 0 Å². The lowest BCUT2D eigenvalue weighted by molar-refractivity contribution is -0.544. The molecule has 1 atom stereocenters. The second-order valence-corrected chi connectivity index (χ2v) is 5.83. The van der Waals surface area contributed by atoms with Crippen LogP contribution in [0, 0.1) is 0 Å². The Morgan fingerprint density at radius 3 is 2.76 bits per heavy atom. The predicted molar refractivity (Wildman–Crippen MR) is 71.4 cm³/mol. The fourth-order valence-electron chi connectivity index (χ4n) is 2.09. The molecule has 0 aromatic heterocycles. The highest BCUT2D eigenvalue weighted by Crippen LogP contribution is 2.25. The Morgan fingerprint density at radius 2 is 2.12 bits per heavy atom. The molecule has 0 spiro atoms. The Labute approximate surface area is 109 Å². The lowest BCUT2D eigenvalue weighted by atomic mass is 10.0. The number of rotatable bonds is 3. The molecular weight excluding hydrogens is 280 g/mol. The Balaban J connectivity index is 2.16. The number of hydrogen-bond acceptors (Lipinski definition) is 1. The van der Waals surface area contributed by atoms with E-state index in [2.05, 4.69) is 32.6 Å². The zero-order valence-corrected chi connectivity index (χ0v) is 11.2. The largest absolute Gasteiger partial charge is 0.368 e. The van der Waals surface area contributed by atoms with Gasteiger partial charge in [0.1, 0.15) is 6.54 Å². The number of carbonyl (C=O) groups is 1. The van der Waals surface area contributed by atoms with Crippen LogP contribution in [-0.2, 0) is 11.3 Å². The van der Waals surface area contributed by atoms with Crippen LogP contribution in [0.25, 0.3) is 0 Å².